The maximum atomic E-state index is 12.7. The molecule has 5 heteroatoms. The number of aromatic nitrogens is 2. The topological polar surface area (TPSA) is 49.0 Å². The van der Waals surface area contributed by atoms with Crippen molar-refractivity contribution in [1.29, 1.82) is 0 Å². The van der Waals surface area contributed by atoms with Gasteiger partial charge >= 0.3 is 0 Å². The van der Waals surface area contributed by atoms with Crippen molar-refractivity contribution >= 4 is 27.4 Å². The molecular formula is C20H16BrN3O. The van der Waals surface area contributed by atoms with Crippen LogP contribution < -0.4 is 0 Å². The van der Waals surface area contributed by atoms with E-state index >= 15 is 0 Å². The highest BCUT2D eigenvalue weighted by Crippen LogP contribution is 2.24. The standard InChI is InChI=1S/C20H16BrN3O/c21-17-8-6-15(7-9-17)18-12-19(23-22-18)20(25)24-11-10-16(13-24)14-4-2-1-3-5-14/h1-10,12H,11,13H2,(H,22,23). The van der Waals surface area contributed by atoms with Gasteiger partial charge in [-0.3, -0.25) is 9.89 Å². The Hall–Kier alpha value is -2.66. The van der Waals surface area contributed by atoms with Crippen LogP contribution in [0.3, 0.4) is 0 Å². The lowest BCUT2D eigenvalue weighted by Gasteiger charge is -2.15. The SMILES string of the molecule is O=C(c1cc(-c2ccc(Br)cc2)n[nH]1)N1CC=C(c2ccccc2)C1. The fourth-order valence-corrected chi connectivity index (χ4v) is 3.21. The number of carbonyl (C=O) groups excluding carboxylic acids is 1. The summed E-state index contributed by atoms with van der Waals surface area (Å²) in [5, 5.41) is 7.16. The second-order valence-electron chi connectivity index (χ2n) is 5.95. The van der Waals surface area contributed by atoms with Gasteiger partial charge < -0.3 is 4.90 Å². The normalized spacial score (nSPS) is 13.8. The number of hydrogen-bond donors (Lipinski definition) is 1. The van der Waals surface area contributed by atoms with Gasteiger partial charge in [-0.25, -0.2) is 0 Å². The van der Waals surface area contributed by atoms with Crippen LogP contribution in [0.5, 0.6) is 0 Å². The van der Waals surface area contributed by atoms with Crippen molar-refractivity contribution < 1.29 is 4.79 Å². The lowest BCUT2D eigenvalue weighted by Crippen LogP contribution is -2.29. The highest BCUT2D eigenvalue weighted by atomic mass is 79.9. The quantitative estimate of drug-likeness (QED) is 0.717. The van der Waals surface area contributed by atoms with Gasteiger partial charge in [-0.05, 0) is 29.3 Å². The lowest BCUT2D eigenvalue weighted by atomic mass is 10.1. The Labute approximate surface area is 154 Å². The van der Waals surface area contributed by atoms with Crippen molar-refractivity contribution in [1.82, 2.24) is 15.1 Å². The van der Waals surface area contributed by atoms with E-state index in [0.29, 0.717) is 18.8 Å². The van der Waals surface area contributed by atoms with Crippen LogP contribution in [0.2, 0.25) is 0 Å². The van der Waals surface area contributed by atoms with E-state index < -0.39 is 0 Å². The summed E-state index contributed by atoms with van der Waals surface area (Å²) in [6, 6.07) is 19.8. The minimum atomic E-state index is -0.0296. The molecule has 1 amide bonds. The van der Waals surface area contributed by atoms with E-state index in [0.717, 1.165) is 21.3 Å². The molecule has 1 aromatic heterocycles. The van der Waals surface area contributed by atoms with E-state index in [1.807, 2.05) is 53.4 Å². The predicted molar refractivity (Wildman–Crippen MR) is 102 cm³/mol. The minimum Gasteiger partial charge on any atom is -0.329 e. The fraction of sp³-hybridized carbons (Fsp3) is 0.100. The van der Waals surface area contributed by atoms with Crippen LogP contribution in [0.15, 0.2) is 71.2 Å². The number of rotatable bonds is 3. The molecule has 124 valence electrons. The van der Waals surface area contributed by atoms with Gasteiger partial charge in [-0.2, -0.15) is 5.10 Å². The van der Waals surface area contributed by atoms with Crippen molar-refractivity contribution in [2.75, 3.05) is 13.1 Å². The summed E-state index contributed by atoms with van der Waals surface area (Å²) in [6.07, 6.45) is 2.11. The van der Waals surface area contributed by atoms with E-state index in [9.17, 15) is 4.79 Å². The molecule has 2 aromatic carbocycles. The Bertz CT molecular complexity index is 929. The minimum absolute atomic E-state index is 0.0296. The van der Waals surface area contributed by atoms with Gasteiger partial charge in [-0.15, -0.1) is 0 Å². The molecule has 0 radical (unpaired) electrons. The number of aromatic amines is 1. The number of H-pyrrole nitrogens is 1. The highest BCUT2D eigenvalue weighted by Gasteiger charge is 2.23. The third-order valence-electron chi connectivity index (χ3n) is 4.30. The number of nitrogens with zero attached hydrogens (tertiary/aromatic N) is 2. The Morgan fingerprint density at radius 2 is 1.80 bits per heavy atom. The monoisotopic (exact) mass is 393 g/mol. The second kappa shape index (κ2) is 6.69. The molecule has 2 heterocycles. The van der Waals surface area contributed by atoms with Crippen LogP contribution in [0, 0.1) is 0 Å². The first-order chi connectivity index (χ1) is 12.2. The van der Waals surface area contributed by atoms with E-state index in [-0.39, 0.29) is 5.91 Å². The fourth-order valence-electron chi connectivity index (χ4n) is 2.94. The summed E-state index contributed by atoms with van der Waals surface area (Å²) < 4.78 is 1.01. The van der Waals surface area contributed by atoms with Gasteiger partial charge in [0.1, 0.15) is 5.69 Å². The molecule has 0 saturated carbocycles. The molecule has 3 aromatic rings. The molecule has 1 N–H and O–H groups in total. The van der Waals surface area contributed by atoms with Crippen LogP contribution in [0.4, 0.5) is 0 Å². The Morgan fingerprint density at radius 3 is 2.56 bits per heavy atom. The van der Waals surface area contributed by atoms with E-state index in [4.69, 9.17) is 0 Å². The summed E-state index contributed by atoms with van der Waals surface area (Å²) in [4.78, 5) is 14.6. The average Bonchev–Trinajstić information content (AvgIpc) is 3.33. The van der Waals surface area contributed by atoms with Crippen molar-refractivity contribution in [3.63, 3.8) is 0 Å². The molecule has 0 atom stereocenters. The number of nitrogens with one attached hydrogen (secondary N) is 1. The smallest absolute Gasteiger partial charge is 0.272 e. The molecule has 1 aliphatic heterocycles. The highest BCUT2D eigenvalue weighted by molar-refractivity contribution is 9.10. The third kappa shape index (κ3) is 3.28. The van der Waals surface area contributed by atoms with Crippen LogP contribution >= 0.6 is 15.9 Å². The first kappa shape index (κ1) is 15.8. The van der Waals surface area contributed by atoms with E-state index in [2.05, 4.69) is 44.3 Å². The molecule has 0 saturated heterocycles. The first-order valence-electron chi connectivity index (χ1n) is 8.06. The van der Waals surface area contributed by atoms with Gasteiger partial charge in [0, 0.05) is 23.1 Å². The molecule has 0 aliphatic carbocycles. The second-order valence-corrected chi connectivity index (χ2v) is 6.87. The van der Waals surface area contributed by atoms with Crippen LogP contribution in [0.1, 0.15) is 16.1 Å². The molecule has 4 nitrogen and oxygen atoms in total. The summed E-state index contributed by atoms with van der Waals surface area (Å²) in [7, 11) is 0. The number of hydrogen-bond acceptors (Lipinski definition) is 2. The first-order valence-corrected chi connectivity index (χ1v) is 8.85. The maximum absolute atomic E-state index is 12.7. The van der Waals surface area contributed by atoms with Crippen molar-refractivity contribution in [3.8, 4) is 11.3 Å². The van der Waals surface area contributed by atoms with E-state index in [1.54, 1.807) is 0 Å². The zero-order valence-corrected chi connectivity index (χ0v) is 15.0. The molecule has 4 rings (SSSR count). The largest absolute Gasteiger partial charge is 0.329 e. The molecular weight excluding hydrogens is 378 g/mol. The van der Waals surface area contributed by atoms with Crippen molar-refractivity contribution in [2.24, 2.45) is 0 Å². The maximum Gasteiger partial charge on any atom is 0.272 e. The number of amides is 1. The number of carbonyl (C=O) groups is 1. The number of benzene rings is 2. The predicted octanol–water partition coefficient (Wildman–Crippen LogP) is 4.38. The Kier molecular flexibility index (Phi) is 4.24. The van der Waals surface area contributed by atoms with Gasteiger partial charge in [0.05, 0.1) is 5.69 Å². The summed E-state index contributed by atoms with van der Waals surface area (Å²) in [5.74, 6) is -0.0296. The zero-order chi connectivity index (χ0) is 17.2. The molecule has 0 fully saturated rings. The lowest BCUT2D eigenvalue weighted by molar-refractivity contribution is 0.0796. The van der Waals surface area contributed by atoms with Gasteiger partial charge in [0.25, 0.3) is 5.91 Å². The summed E-state index contributed by atoms with van der Waals surface area (Å²) >= 11 is 3.42. The van der Waals surface area contributed by atoms with Gasteiger partial charge in [0.2, 0.25) is 0 Å². The zero-order valence-electron chi connectivity index (χ0n) is 13.4. The average molecular weight is 394 g/mol. The van der Waals surface area contributed by atoms with Crippen LogP contribution in [0.25, 0.3) is 16.8 Å². The molecule has 0 spiro atoms. The van der Waals surface area contributed by atoms with Gasteiger partial charge in [0.15, 0.2) is 0 Å². The summed E-state index contributed by atoms with van der Waals surface area (Å²) in [6.45, 7) is 1.24. The van der Waals surface area contributed by atoms with Crippen LogP contribution in [-0.2, 0) is 0 Å². The van der Waals surface area contributed by atoms with Crippen LogP contribution in [-0.4, -0.2) is 34.1 Å². The molecule has 25 heavy (non-hydrogen) atoms. The van der Waals surface area contributed by atoms with E-state index in [1.165, 1.54) is 5.57 Å². The summed E-state index contributed by atoms with van der Waals surface area (Å²) in [5.41, 5.74) is 4.61. The molecule has 1 aliphatic rings. The Balaban J connectivity index is 1.48. The van der Waals surface area contributed by atoms with Gasteiger partial charge in [-0.1, -0.05) is 64.5 Å². The van der Waals surface area contributed by atoms with Crippen molar-refractivity contribution in [2.45, 2.75) is 0 Å². The molecule has 0 unspecified atom stereocenters. The van der Waals surface area contributed by atoms with Crippen molar-refractivity contribution in [3.05, 3.63) is 82.5 Å². The third-order valence-corrected chi connectivity index (χ3v) is 4.83. The number of halogens is 1. The Morgan fingerprint density at radius 1 is 1.04 bits per heavy atom. The molecule has 0 bridgehead atoms.